The van der Waals surface area contributed by atoms with Crippen molar-refractivity contribution in [2.75, 3.05) is 24.5 Å². The molecule has 0 unspecified atom stereocenters. The number of aliphatic carboxylic acids is 2. The summed E-state index contributed by atoms with van der Waals surface area (Å²) in [5.41, 5.74) is 6.17. The second-order valence-electron chi connectivity index (χ2n) is 7.98. The van der Waals surface area contributed by atoms with Gasteiger partial charge in [0.1, 0.15) is 12.2 Å². The number of nitrogens with zero attached hydrogens (tertiary/aromatic N) is 2. The van der Waals surface area contributed by atoms with E-state index < -0.39 is 35.8 Å². The number of benzene rings is 2. The average molecular weight is 526 g/mol. The fraction of sp³-hybridized carbons (Fsp3) is 0.333. The zero-order valence-electron chi connectivity index (χ0n) is 19.4. The number of carbonyl (C=O) groups excluding carboxylic acids is 1. The van der Waals surface area contributed by atoms with Crippen LogP contribution in [-0.4, -0.2) is 57.6 Å². The Morgan fingerprint density at radius 3 is 2.11 bits per heavy atom. The van der Waals surface area contributed by atoms with E-state index in [1.807, 2.05) is 0 Å². The molecule has 0 aliphatic carbocycles. The number of likely N-dealkylation sites (tertiary alicyclic amines) is 1. The molecule has 1 aliphatic rings. The van der Waals surface area contributed by atoms with Crippen molar-refractivity contribution in [3.8, 4) is 0 Å². The van der Waals surface area contributed by atoms with Crippen LogP contribution in [0.3, 0.4) is 0 Å². The maximum absolute atomic E-state index is 14.3. The number of Topliss-reactive ketones (excluding diaryl/α,β-unsaturated/α-hetero) is 1. The minimum Gasteiger partial charge on any atom is -0.481 e. The van der Waals surface area contributed by atoms with E-state index >= 15 is 0 Å². The predicted octanol–water partition coefficient (Wildman–Crippen LogP) is 3.95. The maximum Gasteiger partial charge on any atom is 0.314 e. The number of carboxylic acid groups (broad SMARTS) is 2. The first-order chi connectivity index (χ1) is 16.9. The van der Waals surface area contributed by atoms with Gasteiger partial charge in [0.05, 0.1) is 5.69 Å². The molecule has 4 N–H and O–H groups in total. The molecular formula is C24H26F3N3O5S. The van der Waals surface area contributed by atoms with E-state index in [1.54, 1.807) is 24.3 Å². The molecule has 0 atom stereocenters. The number of carboxylic acids is 2. The van der Waals surface area contributed by atoms with Crippen LogP contribution in [0.5, 0.6) is 0 Å². The smallest absolute Gasteiger partial charge is 0.314 e. The Morgan fingerprint density at radius 2 is 1.61 bits per heavy atom. The lowest BCUT2D eigenvalue weighted by molar-refractivity contribution is -0.147. The zero-order chi connectivity index (χ0) is 27.0. The molecule has 12 heteroatoms. The van der Waals surface area contributed by atoms with Gasteiger partial charge in [-0.1, -0.05) is 19.1 Å². The standard InChI is InChI=1S/C21H22F3N3OS.C3H4O4/c1-2-26-8-6-13(7-9-26)20(28)14-4-3-5-15(10-14)27(21(25)29)19-12-17(23)16(22)11-18(19)24;4-2(5)1-3(6)7/h3-5,10-13H,2,6-9H2,1H3,(H2,25,29);1H2,(H,4,5)(H,6,7). The van der Waals surface area contributed by atoms with E-state index in [1.165, 1.54) is 0 Å². The summed E-state index contributed by atoms with van der Waals surface area (Å²) in [5.74, 6) is -6.27. The fourth-order valence-corrected chi connectivity index (χ4v) is 3.95. The second-order valence-corrected chi connectivity index (χ2v) is 8.40. The number of carbonyl (C=O) groups is 3. The number of thiocarbonyl (C=S) groups is 1. The van der Waals surface area contributed by atoms with Crippen molar-refractivity contribution >= 4 is 46.4 Å². The summed E-state index contributed by atoms with van der Waals surface area (Å²) >= 11 is 5.01. The van der Waals surface area contributed by atoms with Crippen LogP contribution in [0, 0.1) is 23.4 Å². The van der Waals surface area contributed by atoms with Gasteiger partial charge in [0.25, 0.3) is 0 Å². The molecule has 1 saturated heterocycles. The van der Waals surface area contributed by atoms with Crippen LogP contribution in [0.1, 0.15) is 36.5 Å². The molecule has 2 aromatic rings. The van der Waals surface area contributed by atoms with Crippen molar-refractivity contribution in [3.05, 3.63) is 59.4 Å². The summed E-state index contributed by atoms with van der Waals surface area (Å²) in [4.78, 5) is 35.2. The van der Waals surface area contributed by atoms with Gasteiger partial charge in [0, 0.05) is 29.3 Å². The summed E-state index contributed by atoms with van der Waals surface area (Å²) in [6.07, 6.45) is 0.738. The van der Waals surface area contributed by atoms with Gasteiger partial charge in [-0.2, -0.15) is 0 Å². The van der Waals surface area contributed by atoms with Crippen molar-refractivity contribution in [3.63, 3.8) is 0 Å². The number of halogens is 3. The molecule has 3 rings (SSSR count). The number of hydrogen-bond donors (Lipinski definition) is 3. The molecule has 1 fully saturated rings. The summed E-state index contributed by atoms with van der Waals surface area (Å²) in [7, 11) is 0. The van der Waals surface area contributed by atoms with Crippen LogP contribution >= 0.6 is 12.2 Å². The average Bonchev–Trinajstić information content (AvgIpc) is 2.81. The molecule has 0 aromatic heterocycles. The molecule has 0 saturated carbocycles. The summed E-state index contributed by atoms with van der Waals surface area (Å²) in [5, 5.41) is 15.2. The third-order valence-corrected chi connectivity index (χ3v) is 5.73. The van der Waals surface area contributed by atoms with Gasteiger partial charge in [-0.25, -0.2) is 13.2 Å². The number of hydrogen-bond acceptors (Lipinski definition) is 5. The van der Waals surface area contributed by atoms with Gasteiger partial charge in [0.2, 0.25) is 0 Å². The van der Waals surface area contributed by atoms with Crippen LogP contribution in [0.2, 0.25) is 0 Å². The van der Waals surface area contributed by atoms with E-state index in [0.717, 1.165) is 37.4 Å². The van der Waals surface area contributed by atoms with Gasteiger partial charge in [-0.15, -0.1) is 0 Å². The quantitative estimate of drug-likeness (QED) is 0.213. The van der Waals surface area contributed by atoms with Crippen molar-refractivity contribution in [1.29, 1.82) is 0 Å². The molecule has 0 amide bonds. The van der Waals surface area contributed by atoms with Gasteiger partial charge >= 0.3 is 11.9 Å². The van der Waals surface area contributed by atoms with E-state index in [4.69, 9.17) is 28.2 Å². The number of piperidine rings is 1. The highest BCUT2D eigenvalue weighted by molar-refractivity contribution is 7.80. The van der Waals surface area contributed by atoms with E-state index in [0.29, 0.717) is 23.4 Å². The Kier molecular flexibility index (Phi) is 10.4. The Morgan fingerprint density at radius 1 is 1.03 bits per heavy atom. The lowest BCUT2D eigenvalue weighted by atomic mass is 9.88. The van der Waals surface area contributed by atoms with Crippen molar-refractivity contribution in [1.82, 2.24) is 4.90 Å². The Labute approximate surface area is 211 Å². The SMILES string of the molecule is CCN1CCC(C(=O)c2cccc(N(C(N)=S)c3cc(F)c(F)cc3F)c2)CC1.O=C(O)CC(=O)O. The van der Waals surface area contributed by atoms with E-state index in [-0.39, 0.29) is 22.5 Å². The highest BCUT2D eigenvalue weighted by atomic mass is 32.1. The maximum atomic E-state index is 14.3. The molecule has 2 aromatic carbocycles. The van der Waals surface area contributed by atoms with Gasteiger partial charge < -0.3 is 20.8 Å². The summed E-state index contributed by atoms with van der Waals surface area (Å²) in [6, 6.07) is 7.57. The lowest BCUT2D eigenvalue weighted by Gasteiger charge is -2.30. The molecular weight excluding hydrogens is 499 g/mol. The molecule has 0 radical (unpaired) electrons. The number of rotatable bonds is 7. The summed E-state index contributed by atoms with van der Waals surface area (Å²) < 4.78 is 41.3. The molecule has 8 nitrogen and oxygen atoms in total. The minimum atomic E-state index is -1.31. The molecule has 194 valence electrons. The third-order valence-electron chi connectivity index (χ3n) is 5.55. The first-order valence-electron chi connectivity index (χ1n) is 11.0. The Hall–Kier alpha value is -3.51. The van der Waals surface area contributed by atoms with Gasteiger partial charge in [-0.05, 0) is 56.8 Å². The van der Waals surface area contributed by atoms with Crippen molar-refractivity contribution in [2.24, 2.45) is 11.7 Å². The molecule has 36 heavy (non-hydrogen) atoms. The van der Waals surface area contributed by atoms with Gasteiger partial charge in [0.15, 0.2) is 22.5 Å². The minimum absolute atomic E-state index is 0.00347. The largest absolute Gasteiger partial charge is 0.481 e. The van der Waals surface area contributed by atoms with Crippen LogP contribution in [-0.2, 0) is 9.59 Å². The first kappa shape index (κ1) is 28.7. The normalized spacial score (nSPS) is 13.9. The van der Waals surface area contributed by atoms with Crippen LogP contribution in [0.15, 0.2) is 36.4 Å². The highest BCUT2D eigenvalue weighted by Gasteiger charge is 2.26. The van der Waals surface area contributed by atoms with Gasteiger partial charge in [-0.3, -0.25) is 19.3 Å². The molecule has 0 spiro atoms. The predicted molar refractivity (Wildman–Crippen MR) is 131 cm³/mol. The number of anilines is 2. The lowest BCUT2D eigenvalue weighted by Crippen LogP contribution is -2.36. The van der Waals surface area contributed by atoms with Crippen LogP contribution in [0.4, 0.5) is 24.5 Å². The monoisotopic (exact) mass is 525 g/mol. The summed E-state index contributed by atoms with van der Waals surface area (Å²) in [6.45, 7) is 4.78. The molecule has 1 heterocycles. The van der Waals surface area contributed by atoms with Crippen LogP contribution < -0.4 is 10.6 Å². The third kappa shape index (κ3) is 7.75. The van der Waals surface area contributed by atoms with E-state index in [9.17, 15) is 27.6 Å². The molecule has 0 bridgehead atoms. The van der Waals surface area contributed by atoms with Crippen LogP contribution in [0.25, 0.3) is 0 Å². The van der Waals surface area contributed by atoms with E-state index in [2.05, 4.69) is 11.8 Å². The Bertz CT molecular complexity index is 1130. The Balaban J connectivity index is 0.000000572. The fourth-order valence-electron chi connectivity index (χ4n) is 3.74. The number of ketones is 1. The van der Waals surface area contributed by atoms with Crippen molar-refractivity contribution in [2.45, 2.75) is 26.2 Å². The molecule has 1 aliphatic heterocycles. The second kappa shape index (κ2) is 13.0. The highest BCUT2D eigenvalue weighted by Crippen LogP contribution is 2.31. The van der Waals surface area contributed by atoms with Crippen molar-refractivity contribution < 1.29 is 37.8 Å². The topological polar surface area (TPSA) is 124 Å². The first-order valence-corrected chi connectivity index (χ1v) is 11.4. The zero-order valence-corrected chi connectivity index (χ0v) is 20.2. The number of nitrogens with two attached hydrogens (primary N) is 1.